The van der Waals surface area contributed by atoms with Gasteiger partial charge >= 0.3 is 12.1 Å². The molecule has 1 saturated heterocycles. The molecule has 39 heavy (non-hydrogen) atoms. The summed E-state index contributed by atoms with van der Waals surface area (Å²) in [5, 5.41) is 0. The Bertz CT molecular complexity index is 1210. The monoisotopic (exact) mass is 538 g/mol. The van der Waals surface area contributed by atoms with Crippen molar-refractivity contribution in [3.05, 3.63) is 90.0 Å². The van der Waals surface area contributed by atoms with Crippen LogP contribution in [0.25, 0.3) is 11.1 Å². The zero-order chi connectivity index (χ0) is 27.9. The highest BCUT2D eigenvalue weighted by Gasteiger charge is 2.39. The highest BCUT2D eigenvalue weighted by molar-refractivity contribution is 5.83. The molecule has 1 unspecified atom stereocenters. The molecule has 4 nitrogen and oxygen atoms in total. The molecule has 1 aliphatic rings. The summed E-state index contributed by atoms with van der Waals surface area (Å²) in [7, 11) is 0. The van der Waals surface area contributed by atoms with E-state index in [1.165, 1.54) is 12.1 Å². The summed E-state index contributed by atoms with van der Waals surface area (Å²) in [4.78, 5) is 17.8. The molecule has 1 aliphatic heterocycles. The number of benzene rings is 3. The molecular formula is C32H37F3N2O2. The zero-order valence-electron chi connectivity index (χ0n) is 22.7. The maximum Gasteiger partial charge on any atom is 0.416 e. The van der Waals surface area contributed by atoms with Crippen LogP contribution in [0.4, 0.5) is 18.9 Å². The number of alkyl halides is 3. The first-order valence-electron chi connectivity index (χ1n) is 13.7. The average Bonchev–Trinajstić information content (AvgIpc) is 2.96. The maximum absolute atomic E-state index is 13.1. The maximum atomic E-state index is 13.1. The number of rotatable bonds is 10. The van der Waals surface area contributed by atoms with Gasteiger partial charge in [0.25, 0.3) is 0 Å². The fourth-order valence-electron chi connectivity index (χ4n) is 5.48. The van der Waals surface area contributed by atoms with E-state index in [9.17, 15) is 18.0 Å². The number of piperazine rings is 1. The van der Waals surface area contributed by atoms with Gasteiger partial charge in [0.2, 0.25) is 0 Å². The smallest absolute Gasteiger partial charge is 0.416 e. The molecule has 0 N–H and O–H groups in total. The average molecular weight is 539 g/mol. The van der Waals surface area contributed by atoms with Gasteiger partial charge in [-0.3, -0.25) is 9.69 Å². The van der Waals surface area contributed by atoms with Crippen LogP contribution in [0.2, 0.25) is 0 Å². The van der Waals surface area contributed by atoms with Gasteiger partial charge in [0.15, 0.2) is 0 Å². The Morgan fingerprint density at radius 2 is 1.51 bits per heavy atom. The summed E-state index contributed by atoms with van der Waals surface area (Å²) in [6.07, 6.45) is -2.01. The number of halogens is 3. The molecule has 0 amide bonds. The summed E-state index contributed by atoms with van der Waals surface area (Å²) >= 11 is 0. The van der Waals surface area contributed by atoms with Crippen LogP contribution < -0.4 is 4.90 Å². The van der Waals surface area contributed by atoms with Crippen LogP contribution in [0.1, 0.15) is 44.2 Å². The third kappa shape index (κ3) is 6.82. The van der Waals surface area contributed by atoms with Crippen LogP contribution in [-0.4, -0.2) is 50.2 Å². The first kappa shape index (κ1) is 28.7. The zero-order valence-corrected chi connectivity index (χ0v) is 22.7. The van der Waals surface area contributed by atoms with Gasteiger partial charge in [0, 0.05) is 31.9 Å². The summed E-state index contributed by atoms with van der Waals surface area (Å²) < 4.78 is 44.3. The molecule has 0 radical (unpaired) electrons. The van der Waals surface area contributed by atoms with E-state index in [1.807, 2.05) is 55.5 Å². The number of nitrogens with zero attached hydrogens (tertiary/aromatic N) is 2. The Kier molecular flexibility index (Phi) is 9.33. The van der Waals surface area contributed by atoms with Gasteiger partial charge in [0.05, 0.1) is 17.6 Å². The number of hydrogen-bond acceptors (Lipinski definition) is 4. The molecule has 0 saturated carbocycles. The van der Waals surface area contributed by atoms with Crippen molar-refractivity contribution in [2.24, 2.45) is 0 Å². The molecule has 3 aromatic rings. The number of carbonyl (C=O) groups is 1. The summed E-state index contributed by atoms with van der Waals surface area (Å²) in [6, 6.07) is 23.3. The molecule has 208 valence electrons. The molecule has 1 heterocycles. The number of ether oxygens (including phenoxy) is 1. The van der Waals surface area contributed by atoms with Crippen molar-refractivity contribution >= 4 is 11.7 Å². The standard InChI is InChI=1S/C32H37F3N2O2/c1-3-31(30(38)39-4-2,27-11-6-5-7-12-27)18-9-19-36-20-22-37(23-21-36)29-13-8-10-26(24-29)25-14-16-28(17-15-25)32(33,34)35/h5-8,10-17,24H,3-4,9,18-23H2,1-2H3. The third-order valence-corrected chi connectivity index (χ3v) is 7.80. The van der Waals surface area contributed by atoms with Crippen molar-refractivity contribution in [1.82, 2.24) is 4.90 Å². The van der Waals surface area contributed by atoms with Crippen LogP contribution in [0.3, 0.4) is 0 Å². The minimum Gasteiger partial charge on any atom is -0.465 e. The first-order valence-corrected chi connectivity index (χ1v) is 13.7. The van der Waals surface area contributed by atoms with Crippen molar-refractivity contribution < 1.29 is 22.7 Å². The highest BCUT2D eigenvalue weighted by atomic mass is 19.4. The van der Waals surface area contributed by atoms with Crippen molar-refractivity contribution in [3.63, 3.8) is 0 Å². The van der Waals surface area contributed by atoms with E-state index in [2.05, 4.69) is 22.8 Å². The Labute approximate surface area is 229 Å². The molecular weight excluding hydrogens is 501 g/mol. The van der Waals surface area contributed by atoms with Crippen LogP contribution in [0, 0.1) is 0 Å². The fourth-order valence-corrected chi connectivity index (χ4v) is 5.48. The lowest BCUT2D eigenvalue weighted by atomic mass is 9.74. The normalized spacial score (nSPS) is 16.1. The Hall–Kier alpha value is -3.32. The second-order valence-corrected chi connectivity index (χ2v) is 10.1. The van der Waals surface area contributed by atoms with Crippen LogP contribution >= 0.6 is 0 Å². The quantitative estimate of drug-likeness (QED) is 0.256. The summed E-state index contributed by atoms with van der Waals surface area (Å²) in [5.41, 5.74) is 2.49. The summed E-state index contributed by atoms with van der Waals surface area (Å²) in [5.74, 6) is -0.142. The second kappa shape index (κ2) is 12.7. The molecule has 7 heteroatoms. The molecule has 0 aliphatic carbocycles. The number of hydrogen-bond donors (Lipinski definition) is 0. The molecule has 1 atom stereocenters. The van der Waals surface area contributed by atoms with Gasteiger partial charge < -0.3 is 9.64 Å². The van der Waals surface area contributed by atoms with Gasteiger partial charge in [0.1, 0.15) is 0 Å². The number of anilines is 1. The third-order valence-electron chi connectivity index (χ3n) is 7.80. The molecule has 0 bridgehead atoms. The first-order chi connectivity index (χ1) is 18.8. The lowest BCUT2D eigenvalue weighted by Crippen LogP contribution is -2.47. The van der Waals surface area contributed by atoms with Gasteiger partial charge in [-0.2, -0.15) is 13.2 Å². The largest absolute Gasteiger partial charge is 0.465 e. The van der Waals surface area contributed by atoms with Crippen molar-refractivity contribution in [3.8, 4) is 11.1 Å². The fraction of sp³-hybridized carbons (Fsp3) is 0.406. The number of carbonyl (C=O) groups excluding carboxylic acids is 1. The van der Waals surface area contributed by atoms with Crippen LogP contribution in [-0.2, 0) is 21.1 Å². The SMILES string of the molecule is CCOC(=O)C(CC)(CCCN1CCN(c2cccc(-c3ccc(C(F)(F)F)cc3)c2)CC1)c1ccccc1. The van der Waals surface area contributed by atoms with E-state index in [0.717, 1.165) is 80.1 Å². The van der Waals surface area contributed by atoms with Gasteiger partial charge in [-0.15, -0.1) is 0 Å². The lowest BCUT2D eigenvalue weighted by molar-refractivity contribution is -0.151. The molecule has 0 aromatic heterocycles. The van der Waals surface area contributed by atoms with Gasteiger partial charge in [-0.1, -0.05) is 61.5 Å². The van der Waals surface area contributed by atoms with Gasteiger partial charge in [-0.05, 0) is 73.7 Å². The van der Waals surface area contributed by atoms with Crippen LogP contribution in [0.15, 0.2) is 78.9 Å². The van der Waals surface area contributed by atoms with Gasteiger partial charge in [-0.25, -0.2) is 0 Å². The van der Waals surface area contributed by atoms with E-state index < -0.39 is 17.2 Å². The van der Waals surface area contributed by atoms with Crippen molar-refractivity contribution in [2.75, 3.05) is 44.2 Å². The van der Waals surface area contributed by atoms with E-state index >= 15 is 0 Å². The van der Waals surface area contributed by atoms with Crippen molar-refractivity contribution in [1.29, 1.82) is 0 Å². The van der Waals surface area contributed by atoms with E-state index in [4.69, 9.17) is 4.74 Å². The lowest BCUT2D eigenvalue weighted by Gasteiger charge is -2.37. The summed E-state index contributed by atoms with van der Waals surface area (Å²) in [6.45, 7) is 8.74. The molecule has 1 fully saturated rings. The Morgan fingerprint density at radius 3 is 2.13 bits per heavy atom. The van der Waals surface area contributed by atoms with E-state index in [1.54, 1.807) is 0 Å². The van der Waals surface area contributed by atoms with E-state index in [-0.39, 0.29) is 5.97 Å². The van der Waals surface area contributed by atoms with Crippen LogP contribution in [0.5, 0.6) is 0 Å². The predicted molar refractivity (Wildman–Crippen MR) is 150 cm³/mol. The Balaban J connectivity index is 1.34. The number of esters is 1. The molecule has 3 aromatic carbocycles. The van der Waals surface area contributed by atoms with E-state index in [0.29, 0.717) is 13.0 Å². The highest BCUT2D eigenvalue weighted by Crippen LogP contribution is 2.35. The second-order valence-electron chi connectivity index (χ2n) is 10.1. The molecule has 4 rings (SSSR count). The predicted octanol–water partition coefficient (Wildman–Crippen LogP) is 7.19. The van der Waals surface area contributed by atoms with Crippen molar-refractivity contribution in [2.45, 2.75) is 44.7 Å². The minimum absolute atomic E-state index is 0.142. The molecule has 0 spiro atoms. The topological polar surface area (TPSA) is 32.8 Å². The minimum atomic E-state index is -4.33. The Morgan fingerprint density at radius 1 is 0.821 bits per heavy atom.